The van der Waals surface area contributed by atoms with Gasteiger partial charge in [-0.3, -0.25) is 14.6 Å². The predicted molar refractivity (Wildman–Crippen MR) is 86.6 cm³/mol. The van der Waals surface area contributed by atoms with Crippen LogP contribution in [0.4, 0.5) is 0 Å². The van der Waals surface area contributed by atoms with Crippen molar-refractivity contribution >= 4 is 17.5 Å². The molecule has 1 aromatic heterocycles. The van der Waals surface area contributed by atoms with Crippen molar-refractivity contribution in [3.63, 3.8) is 0 Å². The van der Waals surface area contributed by atoms with Crippen molar-refractivity contribution in [1.82, 2.24) is 14.9 Å². The van der Waals surface area contributed by atoms with Crippen LogP contribution in [-0.4, -0.2) is 46.0 Å². The molecule has 0 saturated carbocycles. The standard InChI is InChI=1S/C17H22N4O2/c1-20-16(22)7-6-14(19-20)17(23)21-12-4-2-3-5-15(21)13-8-10-18-11-9-13/h8-11,15H,2-7,12H2,1H3. The summed E-state index contributed by atoms with van der Waals surface area (Å²) in [6.07, 6.45) is 8.54. The first-order valence-electron chi connectivity index (χ1n) is 8.22. The van der Waals surface area contributed by atoms with Gasteiger partial charge in [0.05, 0.1) is 6.04 Å². The summed E-state index contributed by atoms with van der Waals surface area (Å²) in [6, 6.07) is 4.03. The topological polar surface area (TPSA) is 65.9 Å². The van der Waals surface area contributed by atoms with Gasteiger partial charge in [0, 0.05) is 38.8 Å². The van der Waals surface area contributed by atoms with Crippen molar-refractivity contribution in [1.29, 1.82) is 0 Å². The van der Waals surface area contributed by atoms with Gasteiger partial charge in [0.1, 0.15) is 5.71 Å². The maximum absolute atomic E-state index is 13.0. The van der Waals surface area contributed by atoms with Crippen molar-refractivity contribution in [2.45, 2.75) is 44.6 Å². The van der Waals surface area contributed by atoms with E-state index in [1.807, 2.05) is 17.0 Å². The van der Waals surface area contributed by atoms with E-state index in [-0.39, 0.29) is 17.9 Å². The van der Waals surface area contributed by atoms with Gasteiger partial charge in [-0.25, -0.2) is 5.01 Å². The van der Waals surface area contributed by atoms with E-state index in [2.05, 4.69) is 10.1 Å². The molecule has 3 rings (SSSR count). The van der Waals surface area contributed by atoms with Gasteiger partial charge in [-0.2, -0.15) is 5.10 Å². The van der Waals surface area contributed by atoms with Crippen LogP contribution in [0.25, 0.3) is 0 Å². The van der Waals surface area contributed by atoms with E-state index < -0.39 is 0 Å². The highest BCUT2D eigenvalue weighted by Crippen LogP contribution is 2.30. The Balaban J connectivity index is 1.86. The fourth-order valence-corrected chi connectivity index (χ4v) is 3.27. The quantitative estimate of drug-likeness (QED) is 0.840. The normalized spacial score (nSPS) is 22.6. The maximum Gasteiger partial charge on any atom is 0.270 e. The predicted octanol–water partition coefficient (Wildman–Crippen LogP) is 2.13. The van der Waals surface area contributed by atoms with Gasteiger partial charge in [0.25, 0.3) is 5.91 Å². The lowest BCUT2D eigenvalue weighted by atomic mass is 10.0. The molecule has 0 bridgehead atoms. The summed E-state index contributed by atoms with van der Waals surface area (Å²) in [5, 5.41) is 5.48. The molecule has 2 aliphatic rings. The SMILES string of the molecule is CN1N=C(C(=O)N2CCCCCC2c2ccncc2)CCC1=O. The number of pyridine rings is 1. The Hall–Kier alpha value is -2.24. The molecule has 0 spiro atoms. The number of likely N-dealkylation sites (tertiary alicyclic amines) is 1. The summed E-state index contributed by atoms with van der Waals surface area (Å²) in [6.45, 7) is 0.739. The highest BCUT2D eigenvalue weighted by molar-refractivity contribution is 6.39. The summed E-state index contributed by atoms with van der Waals surface area (Å²) in [5.41, 5.74) is 1.61. The van der Waals surface area contributed by atoms with Crippen LogP contribution in [0.5, 0.6) is 0 Å². The zero-order valence-corrected chi connectivity index (χ0v) is 13.4. The van der Waals surface area contributed by atoms with E-state index in [1.54, 1.807) is 19.4 Å². The van der Waals surface area contributed by atoms with Crippen molar-refractivity contribution in [3.05, 3.63) is 30.1 Å². The minimum absolute atomic E-state index is 0.0342. The average molecular weight is 314 g/mol. The molecule has 0 aliphatic carbocycles. The number of hydrazone groups is 1. The zero-order valence-electron chi connectivity index (χ0n) is 13.4. The molecular weight excluding hydrogens is 292 g/mol. The molecule has 1 unspecified atom stereocenters. The molecule has 6 heteroatoms. The third-order valence-electron chi connectivity index (χ3n) is 4.56. The van der Waals surface area contributed by atoms with E-state index in [0.717, 1.165) is 37.8 Å². The van der Waals surface area contributed by atoms with Crippen LogP contribution >= 0.6 is 0 Å². The van der Waals surface area contributed by atoms with Crippen molar-refractivity contribution < 1.29 is 9.59 Å². The lowest BCUT2D eigenvalue weighted by Crippen LogP contribution is -2.42. The van der Waals surface area contributed by atoms with Gasteiger partial charge < -0.3 is 4.90 Å². The molecule has 1 aromatic rings. The molecule has 6 nitrogen and oxygen atoms in total. The van der Waals surface area contributed by atoms with Crippen molar-refractivity contribution in [3.8, 4) is 0 Å². The largest absolute Gasteiger partial charge is 0.331 e. The molecule has 122 valence electrons. The van der Waals surface area contributed by atoms with Gasteiger partial charge in [-0.05, 0) is 30.5 Å². The summed E-state index contributed by atoms with van der Waals surface area (Å²) < 4.78 is 0. The average Bonchev–Trinajstić information content (AvgIpc) is 2.83. The number of aromatic nitrogens is 1. The van der Waals surface area contributed by atoms with E-state index in [4.69, 9.17) is 0 Å². The number of amides is 2. The van der Waals surface area contributed by atoms with Gasteiger partial charge >= 0.3 is 0 Å². The number of carbonyl (C=O) groups excluding carboxylic acids is 2. The minimum atomic E-state index is -0.0388. The van der Waals surface area contributed by atoms with Gasteiger partial charge in [-0.15, -0.1) is 0 Å². The van der Waals surface area contributed by atoms with E-state index in [1.165, 1.54) is 5.01 Å². The Morgan fingerprint density at radius 3 is 2.70 bits per heavy atom. The van der Waals surface area contributed by atoms with Crippen LogP contribution in [0.15, 0.2) is 29.6 Å². The molecule has 0 aromatic carbocycles. The fraction of sp³-hybridized carbons (Fsp3) is 0.529. The number of hydrogen-bond donors (Lipinski definition) is 0. The monoisotopic (exact) mass is 314 g/mol. The first-order valence-corrected chi connectivity index (χ1v) is 8.22. The second-order valence-electron chi connectivity index (χ2n) is 6.11. The van der Waals surface area contributed by atoms with E-state index in [0.29, 0.717) is 18.6 Å². The number of rotatable bonds is 2. The summed E-state index contributed by atoms with van der Waals surface area (Å²) in [7, 11) is 1.61. The van der Waals surface area contributed by atoms with Crippen LogP contribution in [0.1, 0.15) is 50.1 Å². The molecule has 0 N–H and O–H groups in total. The van der Waals surface area contributed by atoms with Gasteiger partial charge in [0.2, 0.25) is 5.91 Å². The van der Waals surface area contributed by atoms with Crippen LogP contribution in [-0.2, 0) is 9.59 Å². The Morgan fingerprint density at radius 1 is 1.17 bits per heavy atom. The first kappa shape index (κ1) is 15.6. The Bertz CT molecular complexity index is 614. The second kappa shape index (κ2) is 6.89. The minimum Gasteiger partial charge on any atom is -0.331 e. The third-order valence-corrected chi connectivity index (χ3v) is 4.56. The molecule has 3 heterocycles. The summed E-state index contributed by atoms with van der Waals surface area (Å²) in [4.78, 5) is 30.6. The smallest absolute Gasteiger partial charge is 0.270 e. The van der Waals surface area contributed by atoms with Crippen molar-refractivity contribution in [2.24, 2.45) is 5.10 Å². The van der Waals surface area contributed by atoms with E-state index in [9.17, 15) is 9.59 Å². The van der Waals surface area contributed by atoms with Crippen LogP contribution < -0.4 is 0 Å². The maximum atomic E-state index is 13.0. The van der Waals surface area contributed by atoms with Crippen molar-refractivity contribution in [2.75, 3.05) is 13.6 Å². The van der Waals surface area contributed by atoms with Crippen LogP contribution in [0.2, 0.25) is 0 Å². The lowest BCUT2D eigenvalue weighted by molar-refractivity contribution is -0.131. The molecule has 1 saturated heterocycles. The first-order chi connectivity index (χ1) is 11.2. The highest BCUT2D eigenvalue weighted by Gasteiger charge is 2.31. The van der Waals surface area contributed by atoms with Gasteiger partial charge in [-0.1, -0.05) is 12.8 Å². The Labute approximate surface area is 136 Å². The number of carbonyl (C=O) groups is 2. The molecule has 2 aliphatic heterocycles. The van der Waals surface area contributed by atoms with Crippen LogP contribution in [0, 0.1) is 0 Å². The second-order valence-corrected chi connectivity index (χ2v) is 6.11. The lowest BCUT2D eigenvalue weighted by Gasteiger charge is -2.32. The third kappa shape index (κ3) is 3.41. The number of hydrogen-bond acceptors (Lipinski definition) is 4. The number of nitrogens with zero attached hydrogens (tertiary/aromatic N) is 4. The zero-order chi connectivity index (χ0) is 16.2. The molecular formula is C17H22N4O2. The summed E-state index contributed by atoms with van der Waals surface area (Å²) in [5.74, 6) is -0.0730. The molecule has 23 heavy (non-hydrogen) atoms. The molecule has 0 radical (unpaired) electrons. The Kier molecular flexibility index (Phi) is 4.69. The highest BCUT2D eigenvalue weighted by atomic mass is 16.2. The summed E-state index contributed by atoms with van der Waals surface area (Å²) >= 11 is 0. The Morgan fingerprint density at radius 2 is 1.96 bits per heavy atom. The van der Waals surface area contributed by atoms with Gasteiger partial charge in [0.15, 0.2) is 0 Å². The van der Waals surface area contributed by atoms with Crippen LogP contribution in [0.3, 0.4) is 0 Å². The molecule has 1 fully saturated rings. The molecule has 1 atom stereocenters. The molecule has 2 amide bonds. The van der Waals surface area contributed by atoms with E-state index >= 15 is 0 Å². The fourth-order valence-electron chi connectivity index (χ4n) is 3.27.